The van der Waals surface area contributed by atoms with E-state index in [1.54, 1.807) is 0 Å². The highest BCUT2D eigenvalue weighted by atomic mass is 35.7. The molecule has 4 nitrogen and oxygen atoms in total. The van der Waals surface area contributed by atoms with Crippen molar-refractivity contribution in [3.05, 3.63) is 34.6 Å². The van der Waals surface area contributed by atoms with Crippen molar-refractivity contribution in [2.45, 2.75) is 18.2 Å². The van der Waals surface area contributed by atoms with Gasteiger partial charge in [0.25, 0.3) is 0 Å². The first-order chi connectivity index (χ1) is 8.77. The summed E-state index contributed by atoms with van der Waals surface area (Å²) in [5, 5.41) is -0.597. The number of halogens is 3. The summed E-state index contributed by atoms with van der Waals surface area (Å²) in [5.41, 5.74) is 0.433. The summed E-state index contributed by atoms with van der Waals surface area (Å²) < 4.78 is 35.5. The summed E-state index contributed by atoms with van der Waals surface area (Å²) in [5.74, 6) is -0.804. The van der Waals surface area contributed by atoms with Crippen LogP contribution in [0.1, 0.15) is 12.0 Å². The predicted octanol–water partition coefficient (Wildman–Crippen LogP) is 2.15. The summed E-state index contributed by atoms with van der Waals surface area (Å²) in [7, 11) is 1.46. The number of rotatable bonds is 3. The molecule has 1 unspecified atom stereocenters. The Morgan fingerprint density at radius 1 is 1.42 bits per heavy atom. The molecule has 0 bridgehead atoms. The molecule has 0 spiro atoms. The summed E-state index contributed by atoms with van der Waals surface area (Å²) in [6.45, 7) is 0.0653. The van der Waals surface area contributed by atoms with E-state index in [0.29, 0.717) is 10.6 Å². The molecule has 1 aromatic rings. The normalized spacial score (nSPS) is 20.1. The minimum Gasteiger partial charge on any atom is -0.337 e. The molecule has 104 valence electrons. The zero-order valence-electron chi connectivity index (χ0n) is 9.64. The maximum Gasteiger partial charge on any atom is 0.237 e. The van der Waals surface area contributed by atoms with Crippen molar-refractivity contribution < 1.29 is 17.6 Å². The summed E-state index contributed by atoms with van der Waals surface area (Å²) in [6.07, 6.45) is -0.154. The monoisotopic (exact) mass is 325 g/mol. The van der Waals surface area contributed by atoms with Crippen molar-refractivity contribution in [2.75, 3.05) is 6.54 Å². The second-order valence-corrected chi connectivity index (χ2v) is 7.63. The van der Waals surface area contributed by atoms with Gasteiger partial charge in [0.1, 0.15) is 11.1 Å². The summed E-state index contributed by atoms with van der Waals surface area (Å²) in [6, 6.07) is 3.82. The van der Waals surface area contributed by atoms with Crippen LogP contribution in [0.25, 0.3) is 0 Å². The fourth-order valence-corrected chi connectivity index (χ4v) is 3.18. The Hall–Kier alpha value is -0.850. The lowest BCUT2D eigenvalue weighted by molar-refractivity contribution is -0.128. The lowest BCUT2D eigenvalue weighted by atomic mass is 10.2. The molecule has 1 fully saturated rings. The van der Waals surface area contributed by atoms with E-state index in [2.05, 4.69) is 0 Å². The van der Waals surface area contributed by atoms with Crippen molar-refractivity contribution in [2.24, 2.45) is 0 Å². The molecule has 2 rings (SSSR count). The van der Waals surface area contributed by atoms with Crippen molar-refractivity contribution >= 4 is 37.2 Å². The van der Waals surface area contributed by atoms with Crippen LogP contribution < -0.4 is 0 Å². The van der Waals surface area contributed by atoms with Crippen molar-refractivity contribution in [1.82, 2.24) is 4.90 Å². The van der Waals surface area contributed by atoms with Gasteiger partial charge in [0.05, 0.1) is 0 Å². The molecular formula is C11H10Cl2FNO3S. The van der Waals surface area contributed by atoms with Crippen molar-refractivity contribution in [1.29, 1.82) is 0 Å². The number of hydrogen-bond donors (Lipinski definition) is 0. The minimum absolute atomic E-state index is 0.00247. The molecule has 0 saturated carbocycles. The Kier molecular flexibility index (Phi) is 4.03. The maximum absolute atomic E-state index is 13.1. The Labute approximate surface area is 119 Å². The molecule has 0 radical (unpaired) electrons. The van der Waals surface area contributed by atoms with E-state index in [1.807, 2.05) is 0 Å². The molecular weight excluding hydrogens is 316 g/mol. The Bertz CT molecular complexity index is 620. The van der Waals surface area contributed by atoms with Gasteiger partial charge in [0, 0.05) is 35.2 Å². The van der Waals surface area contributed by atoms with E-state index >= 15 is 0 Å². The fraction of sp³-hybridized carbons (Fsp3) is 0.364. The number of hydrogen-bond acceptors (Lipinski definition) is 3. The fourth-order valence-electron chi connectivity index (χ4n) is 1.95. The van der Waals surface area contributed by atoms with E-state index in [0.717, 1.165) is 0 Å². The smallest absolute Gasteiger partial charge is 0.237 e. The van der Waals surface area contributed by atoms with E-state index in [4.69, 9.17) is 22.3 Å². The molecule has 1 saturated heterocycles. The van der Waals surface area contributed by atoms with Gasteiger partial charge in [-0.1, -0.05) is 11.6 Å². The highest BCUT2D eigenvalue weighted by molar-refractivity contribution is 8.14. The molecule has 19 heavy (non-hydrogen) atoms. The maximum atomic E-state index is 13.1. The second kappa shape index (κ2) is 5.26. The molecule has 0 aliphatic carbocycles. The van der Waals surface area contributed by atoms with E-state index in [-0.39, 0.29) is 25.4 Å². The van der Waals surface area contributed by atoms with Crippen LogP contribution in [-0.2, 0) is 20.4 Å². The minimum atomic E-state index is -3.78. The topological polar surface area (TPSA) is 54.5 Å². The predicted molar refractivity (Wildman–Crippen MR) is 70.0 cm³/mol. The third kappa shape index (κ3) is 3.38. The van der Waals surface area contributed by atoms with E-state index < -0.39 is 20.1 Å². The first-order valence-corrected chi connectivity index (χ1v) is 8.17. The van der Waals surface area contributed by atoms with Crippen LogP contribution in [0.5, 0.6) is 0 Å². The molecule has 1 atom stereocenters. The molecule has 0 N–H and O–H groups in total. The molecule has 1 amide bonds. The SMILES string of the molecule is O=C1CC(S(=O)(=O)Cl)CN1Cc1cc(F)ccc1Cl. The highest BCUT2D eigenvalue weighted by Gasteiger charge is 2.37. The van der Waals surface area contributed by atoms with Crippen LogP contribution in [-0.4, -0.2) is 31.0 Å². The lowest BCUT2D eigenvalue weighted by Crippen LogP contribution is -2.26. The molecule has 1 aliphatic rings. The number of likely N-dealkylation sites (tertiary alicyclic amines) is 1. The Balaban J connectivity index is 2.16. The van der Waals surface area contributed by atoms with Crippen LogP contribution in [0.3, 0.4) is 0 Å². The van der Waals surface area contributed by atoms with E-state index in [9.17, 15) is 17.6 Å². The zero-order chi connectivity index (χ0) is 14.2. The number of nitrogens with zero attached hydrogens (tertiary/aromatic N) is 1. The van der Waals surface area contributed by atoms with Gasteiger partial charge in [-0.15, -0.1) is 0 Å². The van der Waals surface area contributed by atoms with Crippen LogP contribution >= 0.6 is 22.3 Å². The Morgan fingerprint density at radius 2 is 2.11 bits per heavy atom. The number of carbonyl (C=O) groups excluding carboxylic acids is 1. The third-order valence-electron chi connectivity index (χ3n) is 2.95. The van der Waals surface area contributed by atoms with Crippen molar-refractivity contribution in [3.8, 4) is 0 Å². The van der Waals surface area contributed by atoms with Gasteiger partial charge in [-0.05, 0) is 23.8 Å². The van der Waals surface area contributed by atoms with Gasteiger partial charge in [0.15, 0.2) is 0 Å². The average Bonchev–Trinajstić information content (AvgIpc) is 2.65. The van der Waals surface area contributed by atoms with Gasteiger partial charge in [-0.25, -0.2) is 12.8 Å². The van der Waals surface area contributed by atoms with Crippen LogP contribution in [0, 0.1) is 5.82 Å². The zero-order valence-corrected chi connectivity index (χ0v) is 12.0. The largest absolute Gasteiger partial charge is 0.337 e. The summed E-state index contributed by atoms with van der Waals surface area (Å²) >= 11 is 5.90. The van der Waals surface area contributed by atoms with Gasteiger partial charge < -0.3 is 4.90 Å². The Morgan fingerprint density at radius 3 is 2.68 bits per heavy atom. The standard InChI is InChI=1S/C11H10Cl2FNO3S/c12-10-2-1-8(14)3-7(10)5-15-6-9(4-11(15)16)19(13,17)18/h1-3,9H,4-6H2. The molecule has 1 aromatic carbocycles. The van der Waals surface area contributed by atoms with Crippen LogP contribution in [0.2, 0.25) is 5.02 Å². The molecule has 1 aliphatic heterocycles. The van der Waals surface area contributed by atoms with E-state index in [1.165, 1.54) is 23.1 Å². The average molecular weight is 326 g/mol. The number of benzene rings is 1. The highest BCUT2D eigenvalue weighted by Crippen LogP contribution is 2.25. The first kappa shape index (κ1) is 14.6. The number of carbonyl (C=O) groups is 1. The number of amides is 1. The second-order valence-electron chi connectivity index (χ2n) is 4.31. The van der Waals surface area contributed by atoms with Crippen molar-refractivity contribution in [3.63, 3.8) is 0 Å². The molecule has 0 aromatic heterocycles. The van der Waals surface area contributed by atoms with Crippen LogP contribution in [0.15, 0.2) is 18.2 Å². The lowest BCUT2D eigenvalue weighted by Gasteiger charge is -2.17. The van der Waals surface area contributed by atoms with Gasteiger partial charge >= 0.3 is 0 Å². The quantitative estimate of drug-likeness (QED) is 0.800. The first-order valence-electron chi connectivity index (χ1n) is 5.42. The molecule has 1 heterocycles. The molecule has 8 heteroatoms. The van der Waals surface area contributed by atoms with Crippen LogP contribution in [0.4, 0.5) is 4.39 Å². The van der Waals surface area contributed by atoms with Gasteiger partial charge in [0.2, 0.25) is 15.0 Å². The third-order valence-corrected chi connectivity index (χ3v) is 5.18. The van der Waals surface area contributed by atoms with Gasteiger partial charge in [-0.2, -0.15) is 0 Å². The summed E-state index contributed by atoms with van der Waals surface area (Å²) in [4.78, 5) is 13.0. The van der Waals surface area contributed by atoms with Gasteiger partial charge in [-0.3, -0.25) is 4.79 Å².